The Kier molecular flexibility index (Phi) is 5.29. The SMILES string of the molecule is CCN(CCC(=N)N)Cc1ccc(Cl)cc1. The average molecular weight is 240 g/mol. The minimum Gasteiger partial charge on any atom is -0.388 e. The second kappa shape index (κ2) is 6.51. The number of amidine groups is 1. The fraction of sp³-hybridized carbons (Fsp3) is 0.417. The van der Waals surface area contributed by atoms with Gasteiger partial charge in [-0.25, -0.2) is 0 Å². The van der Waals surface area contributed by atoms with E-state index in [1.54, 1.807) is 0 Å². The standard InChI is InChI=1S/C12H18ClN3/c1-2-16(8-7-12(14)15)9-10-3-5-11(13)6-4-10/h3-6H,2,7-9H2,1H3,(H3,14,15). The first-order chi connectivity index (χ1) is 7.61. The van der Waals surface area contributed by atoms with Crippen LogP contribution in [0.2, 0.25) is 5.02 Å². The molecule has 3 N–H and O–H groups in total. The Morgan fingerprint density at radius 1 is 1.38 bits per heavy atom. The van der Waals surface area contributed by atoms with Crippen LogP contribution < -0.4 is 5.73 Å². The summed E-state index contributed by atoms with van der Waals surface area (Å²) in [5.74, 6) is 0.245. The molecule has 0 aliphatic heterocycles. The molecular weight excluding hydrogens is 222 g/mol. The highest BCUT2D eigenvalue weighted by molar-refractivity contribution is 6.30. The summed E-state index contributed by atoms with van der Waals surface area (Å²) >= 11 is 5.83. The van der Waals surface area contributed by atoms with Crippen LogP contribution in [-0.4, -0.2) is 23.8 Å². The maximum Gasteiger partial charge on any atom is 0.0918 e. The summed E-state index contributed by atoms with van der Waals surface area (Å²) in [6.45, 7) is 4.77. The maximum atomic E-state index is 7.20. The molecule has 0 spiro atoms. The second-order valence-electron chi connectivity index (χ2n) is 3.77. The van der Waals surface area contributed by atoms with Gasteiger partial charge in [0, 0.05) is 24.5 Å². The summed E-state index contributed by atoms with van der Waals surface area (Å²) in [5.41, 5.74) is 6.58. The lowest BCUT2D eigenvalue weighted by molar-refractivity contribution is 0.288. The summed E-state index contributed by atoms with van der Waals surface area (Å²) in [5, 5.41) is 7.96. The molecule has 0 aromatic heterocycles. The van der Waals surface area contributed by atoms with Crippen LogP contribution in [0.3, 0.4) is 0 Å². The fourth-order valence-electron chi connectivity index (χ4n) is 1.48. The van der Waals surface area contributed by atoms with Crippen LogP contribution in [0.4, 0.5) is 0 Å². The zero-order valence-electron chi connectivity index (χ0n) is 9.54. The first-order valence-corrected chi connectivity index (χ1v) is 5.79. The topological polar surface area (TPSA) is 53.1 Å². The van der Waals surface area contributed by atoms with Gasteiger partial charge in [-0.1, -0.05) is 30.7 Å². The number of nitrogens with one attached hydrogen (secondary N) is 1. The first-order valence-electron chi connectivity index (χ1n) is 5.41. The molecule has 0 radical (unpaired) electrons. The number of nitrogens with two attached hydrogens (primary N) is 1. The van der Waals surface area contributed by atoms with Crippen LogP contribution in [-0.2, 0) is 6.54 Å². The van der Waals surface area contributed by atoms with E-state index in [0.29, 0.717) is 6.42 Å². The van der Waals surface area contributed by atoms with Crippen LogP contribution in [0.1, 0.15) is 18.9 Å². The third kappa shape index (κ3) is 4.64. The van der Waals surface area contributed by atoms with Crippen molar-refractivity contribution in [1.29, 1.82) is 5.41 Å². The average Bonchev–Trinajstić information content (AvgIpc) is 2.26. The Morgan fingerprint density at radius 3 is 2.50 bits per heavy atom. The highest BCUT2D eigenvalue weighted by Crippen LogP contribution is 2.11. The van der Waals surface area contributed by atoms with Gasteiger partial charge in [0.1, 0.15) is 0 Å². The van der Waals surface area contributed by atoms with Gasteiger partial charge in [-0.2, -0.15) is 0 Å². The van der Waals surface area contributed by atoms with Crippen molar-refractivity contribution in [3.8, 4) is 0 Å². The van der Waals surface area contributed by atoms with Crippen LogP contribution in [0, 0.1) is 5.41 Å². The number of hydrogen-bond acceptors (Lipinski definition) is 2. The smallest absolute Gasteiger partial charge is 0.0918 e. The predicted octanol–water partition coefficient (Wildman–Crippen LogP) is 2.49. The van der Waals surface area contributed by atoms with E-state index in [9.17, 15) is 0 Å². The van der Waals surface area contributed by atoms with E-state index in [4.69, 9.17) is 22.7 Å². The minimum atomic E-state index is 0.245. The van der Waals surface area contributed by atoms with Crippen molar-refractivity contribution in [3.05, 3.63) is 34.9 Å². The minimum absolute atomic E-state index is 0.245. The number of hydrogen-bond donors (Lipinski definition) is 2. The van der Waals surface area contributed by atoms with Crippen LogP contribution >= 0.6 is 11.6 Å². The van der Waals surface area contributed by atoms with Gasteiger partial charge in [0.25, 0.3) is 0 Å². The highest BCUT2D eigenvalue weighted by atomic mass is 35.5. The predicted molar refractivity (Wildman–Crippen MR) is 68.9 cm³/mol. The van der Waals surface area contributed by atoms with Gasteiger partial charge in [-0.15, -0.1) is 0 Å². The molecule has 0 saturated heterocycles. The van der Waals surface area contributed by atoms with Crippen LogP contribution in [0.5, 0.6) is 0 Å². The Balaban J connectivity index is 2.49. The summed E-state index contributed by atoms with van der Waals surface area (Å²) < 4.78 is 0. The summed E-state index contributed by atoms with van der Waals surface area (Å²) in [6, 6.07) is 7.85. The molecule has 0 unspecified atom stereocenters. The molecule has 0 heterocycles. The Morgan fingerprint density at radius 2 is 2.00 bits per heavy atom. The van der Waals surface area contributed by atoms with Crippen molar-refractivity contribution >= 4 is 17.4 Å². The molecule has 16 heavy (non-hydrogen) atoms. The van der Waals surface area contributed by atoms with Gasteiger partial charge in [0.2, 0.25) is 0 Å². The quantitative estimate of drug-likeness (QED) is 0.592. The molecule has 0 aliphatic carbocycles. The van der Waals surface area contributed by atoms with E-state index in [1.807, 2.05) is 24.3 Å². The molecule has 0 atom stereocenters. The second-order valence-corrected chi connectivity index (χ2v) is 4.21. The molecule has 4 heteroatoms. The van der Waals surface area contributed by atoms with Crippen LogP contribution in [0.25, 0.3) is 0 Å². The van der Waals surface area contributed by atoms with Crippen molar-refractivity contribution in [1.82, 2.24) is 4.90 Å². The molecule has 1 aromatic rings. The van der Waals surface area contributed by atoms with Gasteiger partial charge in [-0.05, 0) is 24.2 Å². The third-order valence-electron chi connectivity index (χ3n) is 2.46. The summed E-state index contributed by atoms with van der Waals surface area (Å²) in [7, 11) is 0. The van der Waals surface area contributed by atoms with Gasteiger partial charge in [0.15, 0.2) is 0 Å². The molecule has 0 fully saturated rings. The Bertz CT molecular complexity index is 335. The van der Waals surface area contributed by atoms with E-state index in [0.717, 1.165) is 24.7 Å². The van der Waals surface area contributed by atoms with E-state index < -0.39 is 0 Å². The van der Waals surface area contributed by atoms with Crippen molar-refractivity contribution in [2.45, 2.75) is 19.9 Å². The van der Waals surface area contributed by atoms with E-state index in [1.165, 1.54) is 5.56 Å². The molecule has 88 valence electrons. The van der Waals surface area contributed by atoms with Crippen molar-refractivity contribution in [2.24, 2.45) is 5.73 Å². The van der Waals surface area contributed by atoms with Crippen molar-refractivity contribution in [3.63, 3.8) is 0 Å². The molecule has 1 rings (SSSR count). The third-order valence-corrected chi connectivity index (χ3v) is 2.72. The summed E-state index contributed by atoms with van der Waals surface area (Å²) in [4.78, 5) is 2.25. The molecular formula is C12H18ClN3. The number of benzene rings is 1. The molecule has 1 aromatic carbocycles. The Labute approximate surface area is 102 Å². The number of rotatable bonds is 6. The van der Waals surface area contributed by atoms with E-state index in [-0.39, 0.29) is 5.84 Å². The van der Waals surface area contributed by atoms with Gasteiger partial charge < -0.3 is 5.73 Å². The molecule has 3 nitrogen and oxygen atoms in total. The number of nitrogens with zero attached hydrogens (tertiary/aromatic N) is 1. The zero-order valence-corrected chi connectivity index (χ0v) is 10.3. The fourth-order valence-corrected chi connectivity index (χ4v) is 1.60. The number of halogens is 1. The lowest BCUT2D eigenvalue weighted by Gasteiger charge is -2.20. The molecule has 0 aliphatic rings. The highest BCUT2D eigenvalue weighted by Gasteiger charge is 2.04. The normalized spacial score (nSPS) is 10.7. The van der Waals surface area contributed by atoms with E-state index in [2.05, 4.69) is 11.8 Å². The lowest BCUT2D eigenvalue weighted by atomic mass is 10.2. The largest absolute Gasteiger partial charge is 0.388 e. The zero-order chi connectivity index (χ0) is 12.0. The van der Waals surface area contributed by atoms with Crippen molar-refractivity contribution in [2.75, 3.05) is 13.1 Å². The monoisotopic (exact) mass is 239 g/mol. The summed E-state index contributed by atoms with van der Waals surface area (Å²) in [6.07, 6.45) is 0.626. The van der Waals surface area contributed by atoms with Crippen LogP contribution in [0.15, 0.2) is 24.3 Å². The van der Waals surface area contributed by atoms with Gasteiger partial charge in [-0.3, -0.25) is 10.3 Å². The maximum absolute atomic E-state index is 7.20. The molecule has 0 bridgehead atoms. The molecule has 0 saturated carbocycles. The molecule has 0 amide bonds. The van der Waals surface area contributed by atoms with Gasteiger partial charge in [0.05, 0.1) is 5.84 Å². The van der Waals surface area contributed by atoms with Crippen molar-refractivity contribution < 1.29 is 0 Å². The van der Waals surface area contributed by atoms with E-state index >= 15 is 0 Å². The Hall–Kier alpha value is -1.06. The lowest BCUT2D eigenvalue weighted by Crippen LogP contribution is -2.27. The van der Waals surface area contributed by atoms with Gasteiger partial charge >= 0.3 is 0 Å². The first kappa shape index (κ1) is 13.0.